The van der Waals surface area contributed by atoms with Gasteiger partial charge in [0, 0.05) is 18.8 Å². The highest BCUT2D eigenvalue weighted by molar-refractivity contribution is 7.99. The van der Waals surface area contributed by atoms with Gasteiger partial charge in [0.05, 0.1) is 23.0 Å². The number of nitrogens with zero attached hydrogens (tertiary/aromatic N) is 2. The molecule has 4 heteroatoms. The smallest absolute Gasteiger partial charge is 0.0992 e. The van der Waals surface area contributed by atoms with Crippen LogP contribution in [0.4, 0.5) is 11.4 Å². The van der Waals surface area contributed by atoms with Crippen LogP contribution in [-0.2, 0) is 0 Å². The zero-order chi connectivity index (χ0) is 11.5. The highest BCUT2D eigenvalue weighted by Crippen LogP contribution is 2.29. The largest absolute Gasteiger partial charge is 0.397 e. The van der Waals surface area contributed by atoms with E-state index in [2.05, 4.69) is 18.0 Å². The van der Waals surface area contributed by atoms with Crippen molar-refractivity contribution in [2.24, 2.45) is 0 Å². The summed E-state index contributed by atoms with van der Waals surface area (Å²) in [4.78, 5) is 2.23. The lowest BCUT2D eigenvalue weighted by molar-refractivity contribution is 0.701. The Hall–Kier alpha value is -1.34. The van der Waals surface area contributed by atoms with Gasteiger partial charge in [0.25, 0.3) is 0 Å². The highest BCUT2D eigenvalue weighted by Gasteiger charge is 2.21. The molecule has 1 fully saturated rings. The molecule has 1 aliphatic heterocycles. The van der Waals surface area contributed by atoms with Crippen LogP contribution in [0, 0.1) is 11.3 Å². The molecule has 1 heterocycles. The number of nitrogen functional groups attached to an aromatic ring is 1. The quantitative estimate of drug-likeness (QED) is 0.795. The molecular weight excluding hydrogens is 218 g/mol. The summed E-state index contributed by atoms with van der Waals surface area (Å²) in [6.45, 7) is 0. The predicted octanol–water partition coefficient (Wildman–Crippen LogP) is 2.08. The summed E-state index contributed by atoms with van der Waals surface area (Å²) in [6.07, 6.45) is 1.21. The van der Waals surface area contributed by atoms with Gasteiger partial charge in [0.1, 0.15) is 0 Å². The van der Waals surface area contributed by atoms with Crippen LogP contribution in [0.3, 0.4) is 0 Å². The molecule has 0 saturated carbocycles. The molecule has 1 atom stereocenters. The van der Waals surface area contributed by atoms with Crippen LogP contribution < -0.4 is 10.6 Å². The molecule has 2 rings (SSSR count). The zero-order valence-electron chi connectivity index (χ0n) is 9.31. The maximum absolute atomic E-state index is 8.78. The lowest BCUT2D eigenvalue weighted by Crippen LogP contribution is -2.31. The van der Waals surface area contributed by atoms with E-state index in [4.69, 9.17) is 11.0 Å². The molecule has 1 aromatic rings. The first-order valence-corrected chi connectivity index (χ1v) is 6.48. The SMILES string of the molecule is CN(c1ccc(C#N)cc1N)C1CCSC1. The lowest BCUT2D eigenvalue weighted by atomic mass is 10.1. The fraction of sp³-hybridized carbons (Fsp3) is 0.417. The Morgan fingerprint density at radius 2 is 2.38 bits per heavy atom. The average Bonchev–Trinajstić information content (AvgIpc) is 2.81. The van der Waals surface area contributed by atoms with Gasteiger partial charge in [-0.05, 0) is 30.4 Å². The third kappa shape index (κ3) is 2.10. The standard InChI is InChI=1S/C12H15N3S/c1-15(10-4-5-16-8-10)12-3-2-9(7-13)6-11(12)14/h2-3,6,10H,4-5,8,14H2,1H3. The summed E-state index contributed by atoms with van der Waals surface area (Å²) >= 11 is 1.98. The third-order valence-corrected chi connectivity index (χ3v) is 4.13. The summed E-state index contributed by atoms with van der Waals surface area (Å²) in [5, 5.41) is 8.78. The predicted molar refractivity (Wildman–Crippen MR) is 69.7 cm³/mol. The number of hydrogen-bond donors (Lipinski definition) is 1. The normalized spacial score (nSPS) is 19.4. The first-order valence-electron chi connectivity index (χ1n) is 5.32. The fourth-order valence-corrected chi connectivity index (χ4v) is 3.24. The molecule has 1 unspecified atom stereocenters. The van der Waals surface area contributed by atoms with E-state index in [1.165, 1.54) is 12.2 Å². The van der Waals surface area contributed by atoms with Gasteiger partial charge < -0.3 is 10.6 Å². The Balaban J connectivity index is 2.23. The Morgan fingerprint density at radius 1 is 1.56 bits per heavy atom. The first-order chi connectivity index (χ1) is 7.72. The molecule has 2 N–H and O–H groups in total. The molecule has 0 amide bonds. The Morgan fingerprint density at radius 3 is 2.94 bits per heavy atom. The van der Waals surface area contributed by atoms with Gasteiger partial charge in [-0.2, -0.15) is 17.0 Å². The summed E-state index contributed by atoms with van der Waals surface area (Å²) in [5.41, 5.74) is 8.31. The van der Waals surface area contributed by atoms with Crippen molar-refractivity contribution in [2.45, 2.75) is 12.5 Å². The van der Waals surface area contributed by atoms with E-state index in [0.29, 0.717) is 17.3 Å². The van der Waals surface area contributed by atoms with E-state index in [0.717, 1.165) is 11.4 Å². The number of rotatable bonds is 2. The molecule has 0 radical (unpaired) electrons. The third-order valence-electron chi connectivity index (χ3n) is 2.99. The molecule has 0 aromatic heterocycles. The molecule has 1 aliphatic rings. The molecule has 1 saturated heterocycles. The van der Waals surface area contributed by atoms with Gasteiger partial charge in [-0.15, -0.1) is 0 Å². The Bertz CT molecular complexity index is 419. The van der Waals surface area contributed by atoms with Gasteiger partial charge in [-0.25, -0.2) is 0 Å². The van der Waals surface area contributed by atoms with Crippen molar-refractivity contribution >= 4 is 23.1 Å². The topological polar surface area (TPSA) is 53.0 Å². The molecule has 1 aromatic carbocycles. The van der Waals surface area contributed by atoms with Gasteiger partial charge in [-0.1, -0.05) is 0 Å². The summed E-state index contributed by atoms with van der Waals surface area (Å²) in [7, 11) is 2.08. The Labute approximate surface area is 100 Å². The van der Waals surface area contributed by atoms with E-state index in [1.54, 1.807) is 6.07 Å². The summed E-state index contributed by atoms with van der Waals surface area (Å²) in [6, 6.07) is 8.18. The van der Waals surface area contributed by atoms with E-state index >= 15 is 0 Å². The molecular formula is C12H15N3S. The second-order valence-electron chi connectivity index (χ2n) is 4.01. The highest BCUT2D eigenvalue weighted by atomic mass is 32.2. The van der Waals surface area contributed by atoms with Crippen LogP contribution >= 0.6 is 11.8 Å². The second kappa shape index (κ2) is 4.67. The van der Waals surface area contributed by atoms with Crippen molar-refractivity contribution in [3.63, 3.8) is 0 Å². The molecule has 16 heavy (non-hydrogen) atoms. The van der Waals surface area contributed by atoms with Crippen LogP contribution in [0.1, 0.15) is 12.0 Å². The monoisotopic (exact) mass is 233 g/mol. The average molecular weight is 233 g/mol. The number of nitrogens with two attached hydrogens (primary N) is 1. The van der Waals surface area contributed by atoms with Crippen LogP contribution in [-0.4, -0.2) is 24.6 Å². The maximum atomic E-state index is 8.78. The maximum Gasteiger partial charge on any atom is 0.0992 e. The minimum atomic E-state index is 0.570. The number of thioether (sulfide) groups is 1. The van der Waals surface area contributed by atoms with E-state index in [-0.39, 0.29) is 0 Å². The van der Waals surface area contributed by atoms with Crippen LogP contribution in [0.25, 0.3) is 0 Å². The van der Waals surface area contributed by atoms with Gasteiger partial charge in [0.15, 0.2) is 0 Å². The van der Waals surface area contributed by atoms with E-state index in [9.17, 15) is 0 Å². The molecule has 84 valence electrons. The second-order valence-corrected chi connectivity index (χ2v) is 5.16. The summed E-state index contributed by atoms with van der Waals surface area (Å²) in [5.74, 6) is 2.39. The van der Waals surface area contributed by atoms with Crippen molar-refractivity contribution in [3.05, 3.63) is 23.8 Å². The van der Waals surface area contributed by atoms with E-state index < -0.39 is 0 Å². The van der Waals surface area contributed by atoms with Crippen LogP contribution in [0.15, 0.2) is 18.2 Å². The first kappa shape index (κ1) is 11.2. The molecule has 0 spiro atoms. The van der Waals surface area contributed by atoms with Gasteiger partial charge in [-0.3, -0.25) is 0 Å². The zero-order valence-corrected chi connectivity index (χ0v) is 10.1. The lowest BCUT2D eigenvalue weighted by Gasteiger charge is -2.27. The molecule has 0 bridgehead atoms. The summed E-state index contributed by atoms with van der Waals surface area (Å²) < 4.78 is 0. The van der Waals surface area contributed by atoms with Crippen molar-refractivity contribution in [1.82, 2.24) is 0 Å². The fourth-order valence-electron chi connectivity index (χ4n) is 1.97. The van der Waals surface area contributed by atoms with Crippen LogP contribution in [0.2, 0.25) is 0 Å². The van der Waals surface area contributed by atoms with Crippen LogP contribution in [0.5, 0.6) is 0 Å². The minimum absolute atomic E-state index is 0.570. The van der Waals surface area contributed by atoms with Gasteiger partial charge in [0.2, 0.25) is 0 Å². The van der Waals surface area contributed by atoms with Gasteiger partial charge >= 0.3 is 0 Å². The molecule has 3 nitrogen and oxygen atoms in total. The van der Waals surface area contributed by atoms with Crippen molar-refractivity contribution in [2.75, 3.05) is 29.2 Å². The van der Waals surface area contributed by atoms with Crippen molar-refractivity contribution in [1.29, 1.82) is 5.26 Å². The van der Waals surface area contributed by atoms with Crippen molar-refractivity contribution < 1.29 is 0 Å². The van der Waals surface area contributed by atoms with Crippen molar-refractivity contribution in [3.8, 4) is 6.07 Å². The number of benzene rings is 1. The minimum Gasteiger partial charge on any atom is -0.397 e. The Kier molecular flexibility index (Phi) is 3.25. The number of anilines is 2. The number of nitriles is 1. The number of hydrogen-bond acceptors (Lipinski definition) is 4. The van der Waals surface area contributed by atoms with E-state index in [1.807, 2.05) is 23.9 Å². The molecule has 0 aliphatic carbocycles.